The second kappa shape index (κ2) is 4.75. The first-order chi connectivity index (χ1) is 9.86. The van der Waals surface area contributed by atoms with Crippen LogP contribution in [0.15, 0.2) is 48.5 Å². The van der Waals surface area contributed by atoms with Gasteiger partial charge in [0.05, 0.1) is 6.10 Å². The molecule has 0 heterocycles. The van der Waals surface area contributed by atoms with E-state index in [-0.39, 0.29) is 6.10 Å². The Morgan fingerprint density at radius 1 is 0.750 bits per heavy atom. The molecule has 1 saturated carbocycles. The van der Waals surface area contributed by atoms with Crippen molar-refractivity contribution in [3.63, 3.8) is 0 Å². The average molecular weight is 264 g/mol. The van der Waals surface area contributed by atoms with E-state index in [1.807, 2.05) is 0 Å². The molecule has 20 heavy (non-hydrogen) atoms. The second-order valence-electron chi connectivity index (χ2n) is 6.17. The zero-order chi connectivity index (χ0) is 13.5. The van der Waals surface area contributed by atoms with Crippen LogP contribution in [0.4, 0.5) is 0 Å². The summed E-state index contributed by atoms with van der Waals surface area (Å²) in [6.07, 6.45) is 4.39. The largest absolute Gasteiger partial charge is 0.393 e. The summed E-state index contributed by atoms with van der Waals surface area (Å²) in [6, 6.07) is 17.5. The molecule has 4 rings (SSSR count). The summed E-state index contributed by atoms with van der Waals surface area (Å²) < 4.78 is 0. The highest BCUT2D eigenvalue weighted by Crippen LogP contribution is 2.51. The van der Waals surface area contributed by atoms with Gasteiger partial charge in [-0.15, -0.1) is 0 Å². The van der Waals surface area contributed by atoms with Crippen LogP contribution in [-0.2, 0) is 0 Å². The van der Waals surface area contributed by atoms with Gasteiger partial charge in [0, 0.05) is 5.92 Å². The minimum absolute atomic E-state index is 0.145. The van der Waals surface area contributed by atoms with E-state index in [2.05, 4.69) is 48.5 Å². The molecule has 2 aliphatic rings. The van der Waals surface area contributed by atoms with E-state index in [0.29, 0.717) is 11.8 Å². The number of aliphatic hydroxyl groups is 1. The van der Waals surface area contributed by atoms with Crippen molar-refractivity contribution >= 4 is 0 Å². The number of benzene rings is 2. The lowest BCUT2D eigenvalue weighted by Gasteiger charge is -2.33. The summed E-state index contributed by atoms with van der Waals surface area (Å²) in [5, 5.41) is 10.5. The Bertz CT molecular complexity index is 586. The van der Waals surface area contributed by atoms with Gasteiger partial charge < -0.3 is 5.11 Å². The topological polar surface area (TPSA) is 20.2 Å². The van der Waals surface area contributed by atoms with E-state index < -0.39 is 0 Å². The van der Waals surface area contributed by atoms with Crippen molar-refractivity contribution in [2.24, 2.45) is 5.92 Å². The van der Waals surface area contributed by atoms with Crippen LogP contribution in [-0.4, -0.2) is 11.2 Å². The molecule has 1 nitrogen and oxygen atoms in total. The summed E-state index contributed by atoms with van der Waals surface area (Å²) in [4.78, 5) is 0. The van der Waals surface area contributed by atoms with Crippen molar-refractivity contribution in [1.82, 2.24) is 0 Å². The van der Waals surface area contributed by atoms with Gasteiger partial charge in [-0.25, -0.2) is 0 Å². The van der Waals surface area contributed by atoms with Gasteiger partial charge in [0.1, 0.15) is 0 Å². The van der Waals surface area contributed by atoms with Crippen LogP contribution in [0.2, 0.25) is 0 Å². The van der Waals surface area contributed by atoms with Crippen LogP contribution in [0.1, 0.15) is 42.7 Å². The fourth-order valence-electron chi connectivity index (χ4n) is 4.18. The molecular formula is C19H20O. The van der Waals surface area contributed by atoms with E-state index in [0.717, 1.165) is 12.8 Å². The van der Waals surface area contributed by atoms with Gasteiger partial charge in [0.25, 0.3) is 0 Å². The first-order valence-electron chi connectivity index (χ1n) is 7.72. The van der Waals surface area contributed by atoms with Crippen LogP contribution in [0.25, 0.3) is 11.1 Å². The Morgan fingerprint density at radius 2 is 1.30 bits per heavy atom. The van der Waals surface area contributed by atoms with Gasteiger partial charge >= 0.3 is 0 Å². The highest BCUT2D eigenvalue weighted by Gasteiger charge is 2.38. The van der Waals surface area contributed by atoms with E-state index in [4.69, 9.17) is 0 Å². The summed E-state index contributed by atoms with van der Waals surface area (Å²) in [5.41, 5.74) is 5.57. The van der Waals surface area contributed by atoms with E-state index in [1.54, 1.807) is 0 Å². The Kier molecular flexibility index (Phi) is 2.89. The molecule has 2 atom stereocenters. The average Bonchev–Trinajstić information content (AvgIpc) is 2.83. The molecule has 2 aromatic carbocycles. The van der Waals surface area contributed by atoms with Gasteiger partial charge in [-0.3, -0.25) is 0 Å². The predicted octanol–water partition coefficient (Wildman–Crippen LogP) is 4.35. The maximum absolute atomic E-state index is 10.5. The molecule has 1 fully saturated rings. The lowest BCUT2D eigenvalue weighted by Crippen LogP contribution is -2.29. The van der Waals surface area contributed by atoms with E-state index in [1.165, 1.54) is 35.1 Å². The standard InChI is InChI=1S/C19H20O/c20-18-12-6-5-11-17(18)19-15-9-3-1-7-13(15)14-8-2-4-10-16(14)19/h1-4,7-10,17-20H,5-6,11-12H2/t17-,18-/m0/s1. The molecule has 0 radical (unpaired) electrons. The third-order valence-electron chi connectivity index (χ3n) is 5.09. The van der Waals surface area contributed by atoms with Crippen LogP contribution in [0, 0.1) is 5.92 Å². The van der Waals surface area contributed by atoms with Crippen molar-refractivity contribution in [3.05, 3.63) is 59.7 Å². The Balaban J connectivity index is 1.86. The molecular weight excluding hydrogens is 244 g/mol. The fourth-order valence-corrected chi connectivity index (χ4v) is 4.18. The number of fused-ring (bicyclic) bond motifs is 3. The molecule has 0 aliphatic heterocycles. The maximum Gasteiger partial charge on any atom is 0.0577 e. The molecule has 1 N–H and O–H groups in total. The SMILES string of the molecule is O[C@H]1CCCC[C@@H]1C1c2ccccc2-c2ccccc21. The molecule has 0 unspecified atom stereocenters. The van der Waals surface area contributed by atoms with Crippen molar-refractivity contribution < 1.29 is 5.11 Å². The lowest BCUT2D eigenvalue weighted by molar-refractivity contribution is 0.0619. The van der Waals surface area contributed by atoms with Crippen LogP contribution >= 0.6 is 0 Å². The number of aliphatic hydroxyl groups excluding tert-OH is 1. The Labute approximate surface area is 120 Å². The van der Waals surface area contributed by atoms with Gasteiger partial charge in [-0.05, 0) is 41.0 Å². The molecule has 2 aliphatic carbocycles. The highest BCUT2D eigenvalue weighted by atomic mass is 16.3. The molecule has 0 aromatic heterocycles. The quantitative estimate of drug-likeness (QED) is 0.812. The minimum Gasteiger partial charge on any atom is -0.393 e. The lowest BCUT2D eigenvalue weighted by atomic mass is 9.74. The van der Waals surface area contributed by atoms with Crippen molar-refractivity contribution in [2.75, 3.05) is 0 Å². The molecule has 102 valence electrons. The normalized spacial score (nSPS) is 25.2. The monoisotopic (exact) mass is 264 g/mol. The third-order valence-corrected chi connectivity index (χ3v) is 5.09. The zero-order valence-electron chi connectivity index (χ0n) is 11.6. The third kappa shape index (κ3) is 1.73. The Hall–Kier alpha value is -1.60. The van der Waals surface area contributed by atoms with Gasteiger partial charge in [0.2, 0.25) is 0 Å². The fraction of sp³-hybridized carbons (Fsp3) is 0.368. The maximum atomic E-state index is 10.5. The molecule has 1 heteroatoms. The first kappa shape index (κ1) is 12.2. The van der Waals surface area contributed by atoms with Crippen molar-refractivity contribution in [3.8, 4) is 11.1 Å². The van der Waals surface area contributed by atoms with Crippen LogP contribution in [0.3, 0.4) is 0 Å². The predicted molar refractivity (Wildman–Crippen MR) is 81.7 cm³/mol. The first-order valence-corrected chi connectivity index (χ1v) is 7.72. The van der Waals surface area contributed by atoms with Crippen molar-refractivity contribution in [2.45, 2.75) is 37.7 Å². The van der Waals surface area contributed by atoms with E-state index >= 15 is 0 Å². The summed E-state index contributed by atoms with van der Waals surface area (Å²) >= 11 is 0. The van der Waals surface area contributed by atoms with Gasteiger partial charge in [-0.1, -0.05) is 61.4 Å². The summed E-state index contributed by atoms with van der Waals surface area (Å²) in [5.74, 6) is 0.770. The van der Waals surface area contributed by atoms with Gasteiger partial charge in [-0.2, -0.15) is 0 Å². The number of rotatable bonds is 1. The van der Waals surface area contributed by atoms with Crippen LogP contribution in [0.5, 0.6) is 0 Å². The van der Waals surface area contributed by atoms with E-state index in [9.17, 15) is 5.11 Å². The summed E-state index contributed by atoms with van der Waals surface area (Å²) in [6.45, 7) is 0. The number of hydrogen-bond acceptors (Lipinski definition) is 1. The minimum atomic E-state index is -0.145. The molecule has 2 aromatic rings. The smallest absolute Gasteiger partial charge is 0.0577 e. The number of hydrogen-bond donors (Lipinski definition) is 1. The molecule has 0 bridgehead atoms. The van der Waals surface area contributed by atoms with Gasteiger partial charge in [0.15, 0.2) is 0 Å². The Morgan fingerprint density at radius 3 is 1.90 bits per heavy atom. The summed E-state index contributed by atoms with van der Waals surface area (Å²) in [7, 11) is 0. The van der Waals surface area contributed by atoms with Crippen molar-refractivity contribution in [1.29, 1.82) is 0 Å². The molecule has 0 spiro atoms. The molecule has 0 amide bonds. The molecule has 0 saturated heterocycles. The van der Waals surface area contributed by atoms with Crippen LogP contribution < -0.4 is 0 Å². The second-order valence-corrected chi connectivity index (χ2v) is 6.17. The zero-order valence-corrected chi connectivity index (χ0v) is 11.6. The highest BCUT2D eigenvalue weighted by molar-refractivity contribution is 5.78.